The van der Waals surface area contributed by atoms with Crippen LogP contribution in [0.25, 0.3) is 11.3 Å². The maximum atomic E-state index is 11.5. The van der Waals surface area contributed by atoms with Gasteiger partial charge in [-0.25, -0.2) is 4.79 Å². The van der Waals surface area contributed by atoms with E-state index in [1.807, 2.05) is 11.7 Å². The Bertz CT molecular complexity index is 636. The Balaban J connectivity index is 1.97. The summed E-state index contributed by atoms with van der Waals surface area (Å²) in [4.78, 5) is 11.5. The summed E-state index contributed by atoms with van der Waals surface area (Å²) in [6.07, 6.45) is 12.2. The molecule has 2 aromatic rings. The highest BCUT2D eigenvalue weighted by Gasteiger charge is 2.22. The van der Waals surface area contributed by atoms with Crippen LogP contribution in [0.15, 0.2) is 18.6 Å². The van der Waals surface area contributed by atoms with Gasteiger partial charge in [0.1, 0.15) is 11.3 Å². The third-order valence-electron chi connectivity index (χ3n) is 4.14. The molecule has 1 saturated carbocycles. The minimum atomic E-state index is -0.936. The average Bonchev–Trinajstić information content (AvgIpc) is 2.98. The van der Waals surface area contributed by atoms with Gasteiger partial charge in [0.2, 0.25) is 0 Å². The number of hydrogen-bond acceptors (Lipinski definition) is 3. The van der Waals surface area contributed by atoms with Crippen molar-refractivity contribution in [3.63, 3.8) is 0 Å². The molecule has 3 rings (SSSR count). The van der Waals surface area contributed by atoms with Crippen molar-refractivity contribution in [3.05, 3.63) is 24.2 Å². The summed E-state index contributed by atoms with van der Waals surface area (Å²) in [7, 11) is 1.81. The molecule has 0 aliphatic heterocycles. The second-order valence-electron chi connectivity index (χ2n) is 5.72. The number of carboxylic acids is 1. The first-order valence-electron chi connectivity index (χ1n) is 7.46. The Labute approximate surface area is 123 Å². The molecule has 0 bridgehead atoms. The lowest BCUT2D eigenvalue weighted by Gasteiger charge is -2.14. The van der Waals surface area contributed by atoms with Crippen LogP contribution in [0.4, 0.5) is 0 Å². The van der Waals surface area contributed by atoms with Crippen LogP contribution in [0.3, 0.4) is 0 Å². The summed E-state index contributed by atoms with van der Waals surface area (Å²) < 4.78 is 3.52. The number of rotatable bonds is 3. The number of aromatic nitrogens is 4. The van der Waals surface area contributed by atoms with Crippen LogP contribution in [0.2, 0.25) is 0 Å². The Hall–Kier alpha value is -2.11. The Morgan fingerprint density at radius 3 is 2.52 bits per heavy atom. The van der Waals surface area contributed by atoms with E-state index in [4.69, 9.17) is 0 Å². The third kappa shape index (κ3) is 2.84. The van der Waals surface area contributed by atoms with E-state index in [2.05, 4.69) is 10.2 Å². The largest absolute Gasteiger partial charge is 0.478 e. The zero-order valence-corrected chi connectivity index (χ0v) is 12.2. The van der Waals surface area contributed by atoms with E-state index in [1.165, 1.54) is 25.7 Å². The fourth-order valence-corrected chi connectivity index (χ4v) is 3.01. The molecule has 2 aromatic heterocycles. The number of nitrogens with zero attached hydrogens (tertiary/aromatic N) is 4. The van der Waals surface area contributed by atoms with Crippen LogP contribution in [-0.4, -0.2) is 30.6 Å². The Kier molecular flexibility index (Phi) is 3.77. The van der Waals surface area contributed by atoms with E-state index in [0.717, 1.165) is 18.4 Å². The summed E-state index contributed by atoms with van der Waals surface area (Å²) in [6.45, 7) is 0. The lowest BCUT2D eigenvalue weighted by atomic mass is 10.1. The van der Waals surface area contributed by atoms with Crippen LogP contribution >= 0.6 is 0 Å². The Morgan fingerprint density at radius 2 is 1.95 bits per heavy atom. The SMILES string of the molecule is Cn1cc(-c2nn(C3CCCCCC3)cc2C(=O)O)cn1. The molecule has 1 fully saturated rings. The maximum absolute atomic E-state index is 11.5. The second-order valence-corrected chi connectivity index (χ2v) is 5.72. The molecule has 2 heterocycles. The van der Waals surface area contributed by atoms with E-state index in [9.17, 15) is 9.90 Å². The monoisotopic (exact) mass is 288 g/mol. The van der Waals surface area contributed by atoms with E-state index < -0.39 is 5.97 Å². The number of hydrogen-bond donors (Lipinski definition) is 1. The molecule has 0 atom stereocenters. The van der Waals surface area contributed by atoms with Crippen LogP contribution in [0, 0.1) is 0 Å². The highest BCUT2D eigenvalue weighted by molar-refractivity contribution is 5.94. The molecule has 0 spiro atoms. The number of carbonyl (C=O) groups is 1. The summed E-state index contributed by atoms with van der Waals surface area (Å²) in [5, 5.41) is 18.1. The van der Waals surface area contributed by atoms with E-state index in [0.29, 0.717) is 11.7 Å². The fraction of sp³-hybridized carbons (Fsp3) is 0.533. The first-order chi connectivity index (χ1) is 10.1. The highest BCUT2D eigenvalue weighted by atomic mass is 16.4. The average molecular weight is 288 g/mol. The number of aromatic carboxylic acids is 1. The minimum Gasteiger partial charge on any atom is -0.478 e. The molecule has 112 valence electrons. The molecule has 1 aliphatic carbocycles. The Morgan fingerprint density at radius 1 is 1.24 bits per heavy atom. The fourth-order valence-electron chi connectivity index (χ4n) is 3.01. The maximum Gasteiger partial charge on any atom is 0.339 e. The van der Waals surface area contributed by atoms with Crippen molar-refractivity contribution in [2.75, 3.05) is 0 Å². The van der Waals surface area contributed by atoms with Crippen molar-refractivity contribution < 1.29 is 9.90 Å². The van der Waals surface area contributed by atoms with Gasteiger partial charge in [-0.1, -0.05) is 25.7 Å². The molecule has 0 radical (unpaired) electrons. The summed E-state index contributed by atoms with van der Waals surface area (Å²) >= 11 is 0. The molecule has 0 amide bonds. The summed E-state index contributed by atoms with van der Waals surface area (Å²) in [5.41, 5.74) is 1.52. The van der Waals surface area contributed by atoms with Crippen molar-refractivity contribution in [1.29, 1.82) is 0 Å². The zero-order chi connectivity index (χ0) is 14.8. The van der Waals surface area contributed by atoms with Gasteiger partial charge in [-0.15, -0.1) is 0 Å². The molecular weight excluding hydrogens is 268 g/mol. The van der Waals surface area contributed by atoms with Gasteiger partial charge in [-0.2, -0.15) is 10.2 Å². The zero-order valence-electron chi connectivity index (χ0n) is 12.2. The summed E-state index contributed by atoms with van der Waals surface area (Å²) in [6, 6.07) is 0.316. The van der Waals surface area contributed by atoms with Crippen molar-refractivity contribution in [2.24, 2.45) is 7.05 Å². The molecule has 1 N–H and O–H groups in total. The standard InChI is InChI=1S/C15H20N4O2/c1-18-9-11(8-16-18)14-13(15(20)21)10-19(17-14)12-6-4-2-3-5-7-12/h8-10,12H,2-7H2,1H3,(H,20,21). The third-order valence-corrected chi connectivity index (χ3v) is 4.14. The van der Waals surface area contributed by atoms with Gasteiger partial charge in [0.25, 0.3) is 0 Å². The van der Waals surface area contributed by atoms with Gasteiger partial charge in [-0.3, -0.25) is 9.36 Å². The van der Waals surface area contributed by atoms with Crippen molar-refractivity contribution >= 4 is 5.97 Å². The normalized spacial score (nSPS) is 16.8. The lowest BCUT2D eigenvalue weighted by molar-refractivity contribution is 0.0697. The van der Waals surface area contributed by atoms with Gasteiger partial charge < -0.3 is 5.11 Å². The van der Waals surface area contributed by atoms with Crippen LogP contribution in [-0.2, 0) is 7.05 Å². The van der Waals surface area contributed by atoms with Crippen molar-refractivity contribution in [2.45, 2.75) is 44.6 Å². The van der Waals surface area contributed by atoms with Crippen LogP contribution in [0.1, 0.15) is 54.9 Å². The molecule has 21 heavy (non-hydrogen) atoms. The molecule has 6 nitrogen and oxygen atoms in total. The van der Waals surface area contributed by atoms with Gasteiger partial charge in [0.15, 0.2) is 0 Å². The second kappa shape index (κ2) is 5.71. The van der Waals surface area contributed by atoms with Gasteiger partial charge in [-0.05, 0) is 12.8 Å². The van der Waals surface area contributed by atoms with Crippen LogP contribution < -0.4 is 0 Å². The van der Waals surface area contributed by atoms with Crippen molar-refractivity contribution in [3.8, 4) is 11.3 Å². The minimum absolute atomic E-state index is 0.257. The van der Waals surface area contributed by atoms with E-state index in [-0.39, 0.29) is 5.56 Å². The topological polar surface area (TPSA) is 72.9 Å². The molecule has 6 heteroatoms. The molecule has 0 unspecified atom stereocenters. The predicted octanol–water partition coefficient (Wildman–Crippen LogP) is 2.88. The number of aryl methyl sites for hydroxylation is 1. The molecule has 0 aromatic carbocycles. The van der Waals surface area contributed by atoms with Gasteiger partial charge in [0.05, 0.1) is 12.2 Å². The molecule has 0 saturated heterocycles. The molecule has 1 aliphatic rings. The first kappa shape index (κ1) is 13.9. The molecular formula is C15H20N4O2. The predicted molar refractivity (Wildman–Crippen MR) is 78.1 cm³/mol. The van der Waals surface area contributed by atoms with Crippen LogP contribution in [0.5, 0.6) is 0 Å². The van der Waals surface area contributed by atoms with E-state index >= 15 is 0 Å². The van der Waals surface area contributed by atoms with Gasteiger partial charge in [0, 0.05) is 25.0 Å². The summed E-state index contributed by atoms with van der Waals surface area (Å²) in [5.74, 6) is -0.936. The van der Waals surface area contributed by atoms with Crippen molar-refractivity contribution in [1.82, 2.24) is 19.6 Å². The van der Waals surface area contributed by atoms with Gasteiger partial charge >= 0.3 is 5.97 Å². The van der Waals surface area contributed by atoms with E-state index in [1.54, 1.807) is 23.3 Å². The number of carboxylic acid groups (broad SMARTS) is 1. The first-order valence-corrected chi connectivity index (χ1v) is 7.46. The smallest absolute Gasteiger partial charge is 0.339 e. The lowest BCUT2D eigenvalue weighted by Crippen LogP contribution is -2.08. The highest BCUT2D eigenvalue weighted by Crippen LogP contribution is 2.29. The quantitative estimate of drug-likeness (QED) is 0.881.